The molecule has 0 saturated heterocycles. The fourth-order valence-electron chi connectivity index (χ4n) is 2.69. The van der Waals surface area contributed by atoms with E-state index in [0.29, 0.717) is 16.7 Å². The zero-order chi connectivity index (χ0) is 17.6. The molecule has 0 aliphatic carbocycles. The Morgan fingerprint density at radius 1 is 1.20 bits per heavy atom. The molecule has 2 N–H and O–H groups in total. The van der Waals surface area contributed by atoms with Gasteiger partial charge in [-0.15, -0.1) is 0 Å². The summed E-state index contributed by atoms with van der Waals surface area (Å²) in [4.78, 5) is 11.6. The van der Waals surface area contributed by atoms with Gasteiger partial charge in [0.2, 0.25) is 0 Å². The second-order valence-corrected chi connectivity index (χ2v) is 7.76. The summed E-state index contributed by atoms with van der Waals surface area (Å²) in [5.41, 5.74) is 6.48. The van der Waals surface area contributed by atoms with Crippen LogP contribution < -0.4 is 14.8 Å². The second kappa shape index (κ2) is 5.67. The first-order valence-corrected chi connectivity index (χ1v) is 9.44. The molecule has 10 heteroatoms. The largest absolute Gasteiger partial charge is 0.476 e. The second-order valence-electron chi connectivity index (χ2n) is 5.40. The van der Waals surface area contributed by atoms with E-state index in [1.807, 2.05) is 0 Å². The van der Waals surface area contributed by atoms with Crippen molar-refractivity contribution in [2.24, 2.45) is 5.73 Å². The highest BCUT2D eigenvalue weighted by Gasteiger charge is 2.37. The van der Waals surface area contributed by atoms with E-state index in [4.69, 9.17) is 10.5 Å². The normalized spacial score (nSPS) is 17.1. The molecule has 3 aromatic rings. The highest BCUT2D eigenvalue weighted by molar-refractivity contribution is 7.93. The number of hydrogen-bond acceptors (Lipinski definition) is 7. The number of ether oxygens (including phenoxy) is 1. The van der Waals surface area contributed by atoms with E-state index < -0.39 is 22.0 Å². The third-order valence-electron chi connectivity index (χ3n) is 3.87. The van der Waals surface area contributed by atoms with Gasteiger partial charge in [-0.05, 0) is 24.3 Å². The quantitative estimate of drug-likeness (QED) is 0.733. The predicted molar refractivity (Wildman–Crippen MR) is 92.0 cm³/mol. The Hall–Kier alpha value is -2.72. The van der Waals surface area contributed by atoms with E-state index >= 15 is 0 Å². The van der Waals surface area contributed by atoms with Crippen LogP contribution in [0.2, 0.25) is 0 Å². The molecule has 2 heterocycles. The zero-order valence-corrected chi connectivity index (χ0v) is 14.3. The van der Waals surface area contributed by atoms with Gasteiger partial charge in [0.15, 0.2) is 6.10 Å². The maximum atomic E-state index is 13.3. The van der Waals surface area contributed by atoms with Gasteiger partial charge in [0.25, 0.3) is 15.9 Å². The summed E-state index contributed by atoms with van der Waals surface area (Å²) in [7, 11) is -3.99. The average Bonchev–Trinajstić information content (AvgIpc) is 3.09. The van der Waals surface area contributed by atoms with Gasteiger partial charge in [-0.1, -0.05) is 18.2 Å². The molecular formula is C15H12N4O4S2. The monoisotopic (exact) mass is 376 g/mol. The Kier molecular flexibility index (Phi) is 3.58. The molecule has 25 heavy (non-hydrogen) atoms. The number of fused-ring (bicyclic) bond motifs is 2. The van der Waals surface area contributed by atoms with Crippen LogP contribution in [-0.2, 0) is 14.8 Å². The maximum absolute atomic E-state index is 13.3. The molecule has 1 aliphatic heterocycles. The van der Waals surface area contributed by atoms with Crippen molar-refractivity contribution in [3.8, 4) is 5.75 Å². The van der Waals surface area contributed by atoms with Crippen molar-refractivity contribution in [2.45, 2.75) is 11.0 Å². The minimum absolute atomic E-state index is 0.0265. The van der Waals surface area contributed by atoms with Crippen molar-refractivity contribution < 1.29 is 17.9 Å². The van der Waals surface area contributed by atoms with Crippen molar-refractivity contribution in [1.29, 1.82) is 0 Å². The highest BCUT2D eigenvalue weighted by atomic mass is 32.2. The lowest BCUT2D eigenvalue weighted by Gasteiger charge is -2.34. The topological polar surface area (TPSA) is 115 Å². The summed E-state index contributed by atoms with van der Waals surface area (Å²) < 4.78 is 41.4. The van der Waals surface area contributed by atoms with E-state index in [2.05, 4.69) is 8.75 Å². The maximum Gasteiger partial charge on any atom is 0.266 e. The standard InChI is InChI=1S/C15H12N4O4S2/c16-15(20)12-8-19(10-5-1-2-6-11(10)23-12)25(21,22)13-7-3-4-9-14(13)18-24-17-9/h1-7,12H,8H2,(H2,16,20)/t12-/m1/s1. The number of anilines is 1. The van der Waals surface area contributed by atoms with Gasteiger partial charge in [-0.3, -0.25) is 9.10 Å². The summed E-state index contributed by atoms with van der Waals surface area (Å²) in [6.07, 6.45) is -1.07. The molecule has 0 fully saturated rings. The van der Waals surface area contributed by atoms with Gasteiger partial charge in [0.05, 0.1) is 24.0 Å². The molecule has 2 aromatic carbocycles. The van der Waals surface area contributed by atoms with E-state index in [-0.39, 0.29) is 17.2 Å². The molecule has 128 valence electrons. The SMILES string of the molecule is NC(=O)[C@H]1CN(S(=O)(=O)c2cccc3nsnc23)c2ccccc2O1. The number of nitrogens with zero attached hydrogens (tertiary/aromatic N) is 3. The molecule has 4 rings (SSSR count). The van der Waals surface area contributed by atoms with Gasteiger partial charge in [0, 0.05) is 0 Å². The lowest BCUT2D eigenvalue weighted by Crippen LogP contribution is -2.49. The molecular weight excluding hydrogens is 364 g/mol. The van der Waals surface area contributed by atoms with E-state index in [1.54, 1.807) is 36.4 Å². The van der Waals surface area contributed by atoms with Crippen LogP contribution in [0.15, 0.2) is 47.4 Å². The molecule has 0 spiro atoms. The minimum Gasteiger partial charge on any atom is -0.476 e. The number of benzene rings is 2. The van der Waals surface area contributed by atoms with Crippen LogP contribution in [0, 0.1) is 0 Å². The number of primary amides is 1. The van der Waals surface area contributed by atoms with Crippen molar-refractivity contribution in [2.75, 3.05) is 10.8 Å². The van der Waals surface area contributed by atoms with Crippen LogP contribution in [0.4, 0.5) is 5.69 Å². The molecule has 8 nitrogen and oxygen atoms in total. The van der Waals surface area contributed by atoms with Crippen molar-refractivity contribution >= 4 is 44.4 Å². The molecule has 0 saturated carbocycles. The third-order valence-corrected chi connectivity index (χ3v) is 6.22. The van der Waals surface area contributed by atoms with Crippen LogP contribution in [0.25, 0.3) is 11.0 Å². The Bertz CT molecular complexity index is 1080. The number of sulfonamides is 1. The summed E-state index contributed by atoms with van der Waals surface area (Å²) in [6, 6.07) is 11.4. The van der Waals surface area contributed by atoms with Gasteiger partial charge in [0.1, 0.15) is 21.7 Å². The van der Waals surface area contributed by atoms with Gasteiger partial charge >= 0.3 is 0 Å². The molecule has 0 unspecified atom stereocenters. The molecule has 0 bridgehead atoms. The third kappa shape index (κ3) is 2.50. The van der Waals surface area contributed by atoms with Crippen LogP contribution in [0.1, 0.15) is 0 Å². The first-order valence-electron chi connectivity index (χ1n) is 7.27. The first-order chi connectivity index (χ1) is 12.0. The minimum atomic E-state index is -3.99. The Morgan fingerprint density at radius 3 is 2.80 bits per heavy atom. The number of nitrogens with two attached hydrogens (primary N) is 1. The lowest BCUT2D eigenvalue weighted by atomic mass is 10.2. The van der Waals surface area contributed by atoms with Crippen LogP contribution >= 0.6 is 11.7 Å². The molecule has 0 radical (unpaired) electrons. The summed E-state index contributed by atoms with van der Waals surface area (Å²) >= 11 is 0.939. The van der Waals surface area contributed by atoms with E-state index in [0.717, 1.165) is 16.0 Å². The fourth-order valence-corrected chi connectivity index (χ4v) is 4.92. The lowest BCUT2D eigenvalue weighted by molar-refractivity contribution is -0.124. The van der Waals surface area contributed by atoms with Crippen molar-refractivity contribution in [1.82, 2.24) is 8.75 Å². The van der Waals surface area contributed by atoms with Crippen LogP contribution in [-0.4, -0.2) is 35.7 Å². The Morgan fingerprint density at radius 2 is 2.00 bits per heavy atom. The number of carbonyl (C=O) groups excluding carboxylic acids is 1. The molecule has 1 amide bonds. The van der Waals surface area contributed by atoms with E-state index in [1.165, 1.54) is 6.07 Å². The Labute approximate surface area is 147 Å². The smallest absolute Gasteiger partial charge is 0.266 e. The number of amides is 1. The Balaban J connectivity index is 1.90. The van der Waals surface area contributed by atoms with E-state index in [9.17, 15) is 13.2 Å². The fraction of sp³-hybridized carbons (Fsp3) is 0.133. The number of aromatic nitrogens is 2. The predicted octanol–water partition coefficient (Wildman–Crippen LogP) is 1.13. The summed E-state index contributed by atoms with van der Waals surface area (Å²) in [5.74, 6) is -0.451. The molecule has 1 aliphatic rings. The zero-order valence-electron chi connectivity index (χ0n) is 12.7. The van der Waals surface area contributed by atoms with Gasteiger partial charge in [-0.25, -0.2) is 8.42 Å². The summed E-state index contributed by atoms with van der Waals surface area (Å²) in [6.45, 7) is -0.206. The first kappa shape index (κ1) is 15.8. The number of carbonyl (C=O) groups is 1. The molecule has 1 atom stereocenters. The number of para-hydroxylation sites is 2. The van der Waals surface area contributed by atoms with Crippen molar-refractivity contribution in [3.63, 3.8) is 0 Å². The highest BCUT2D eigenvalue weighted by Crippen LogP contribution is 2.37. The van der Waals surface area contributed by atoms with Crippen LogP contribution in [0.5, 0.6) is 5.75 Å². The van der Waals surface area contributed by atoms with Gasteiger partial charge < -0.3 is 10.5 Å². The number of rotatable bonds is 3. The van der Waals surface area contributed by atoms with Crippen molar-refractivity contribution in [3.05, 3.63) is 42.5 Å². The number of hydrogen-bond donors (Lipinski definition) is 1. The van der Waals surface area contributed by atoms with Crippen LogP contribution in [0.3, 0.4) is 0 Å². The summed E-state index contributed by atoms with van der Waals surface area (Å²) in [5, 5.41) is 0. The van der Waals surface area contributed by atoms with Gasteiger partial charge in [-0.2, -0.15) is 8.75 Å². The molecule has 1 aromatic heterocycles. The average molecular weight is 376 g/mol.